The van der Waals surface area contributed by atoms with Crippen LogP contribution in [0.15, 0.2) is 53.0 Å². The van der Waals surface area contributed by atoms with Gasteiger partial charge in [-0.05, 0) is 25.1 Å². The summed E-state index contributed by atoms with van der Waals surface area (Å²) < 4.78 is 4.51. The molecule has 1 heterocycles. The topological polar surface area (TPSA) is 50.8 Å². The van der Waals surface area contributed by atoms with Crippen LogP contribution in [-0.2, 0) is 13.6 Å². The van der Waals surface area contributed by atoms with Gasteiger partial charge in [-0.25, -0.2) is 0 Å². The van der Waals surface area contributed by atoms with E-state index in [-0.39, 0.29) is 12.3 Å². The van der Waals surface area contributed by atoms with E-state index in [0.29, 0.717) is 11.2 Å². The summed E-state index contributed by atoms with van der Waals surface area (Å²) in [4.78, 5) is 12.6. The Bertz CT molecular complexity index is 994. The molecule has 0 saturated carbocycles. The van der Waals surface area contributed by atoms with Crippen LogP contribution in [0.3, 0.4) is 0 Å². The molecule has 24 heavy (non-hydrogen) atoms. The second kappa shape index (κ2) is 6.61. The molecule has 1 N–H and O–H groups in total. The van der Waals surface area contributed by atoms with Gasteiger partial charge in [0.25, 0.3) is 0 Å². The molecule has 0 unspecified atom stereocenters. The SMILES string of the molecule is C/C=C/c1cccc2c1n(C)c(=N)n2CC(=O)c1ccc(Br)cc1. The van der Waals surface area contributed by atoms with Crippen molar-refractivity contribution in [3.8, 4) is 0 Å². The number of para-hydroxylation sites is 1. The van der Waals surface area contributed by atoms with E-state index >= 15 is 0 Å². The van der Waals surface area contributed by atoms with Crippen molar-refractivity contribution in [2.45, 2.75) is 13.5 Å². The second-order valence-electron chi connectivity index (χ2n) is 5.61. The fourth-order valence-electron chi connectivity index (χ4n) is 2.88. The molecule has 5 heteroatoms. The number of ketones is 1. The molecule has 0 radical (unpaired) electrons. The van der Waals surface area contributed by atoms with Gasteiger partial charge in [0, 0.05) is 22.6 Å². The molecule has 0 amide bonds. The van der Waals surface area contributed by atoms with Gasteiger partial charge in [0.2, 0.25) is 5.62 Å². The average molecular weight is 384 g/mol. The monoisotopic (exact) mass is 383 g/mol. The number of allylic oxidation sites excluding steroid dienone is 1. The largest absolute Gasteiger partial charge is 0.313 e. The van der Waals surface area contributed by atoms with E-state index in [0.717, 1.165) is 21.1 Å². The highest BCUT2D eigenvalue weighted by Crippen LogP contribution is 2.19. The lowest BCUT2D eigenvalue weighted by Gasteiger charge is -2.05. The van der Waals surface area contributed by atoms with Gasteiger partial charge >= 0.3 is 0 Å². The van der Waals surface area contributed by atoms with Gasteiger partial charge in [0.15, 0.2) is 5.78 Å². The van der Waals surface area contributed by atoms with Crippen LogP contribution in [0.5, 0.6) is 0 Å². The van der Waals surface area contributed by atoms with Gasteiger partial charge in [0.1, 0.15) is 0 Å². The van der Waals surface area contributed by atoms with Crippen LogP contribution in [-0.4, -0.2) is 14.9 Å². The van der Waals surface area contributed by atoms with E-state index in [1.165, 1.54) is 0 Å². The molecule has 0 spiro atoms. The quantitative estimate of drug-likeness (QED) is 0.676. The van der Waals surface area contributed by atoms with Crippen LogP contribution in [0.1, 0.15) is 22.8 Å². The first kappa shape index (κ1) is 16.5. The number of hydrogen-bond donors (Lipinski definition) is 1. The third kappa shape index (κ3) is 2.87. The van der Waals surface area contributed by atoms with Gasteiger partial charge < -0.3 is 9.13 Å². The molecule has 0 bridgehead atoms. The van der Waals surface area contributed by atoms with Crippen LogP contribution in [0.4, 0.5) is 0 Å². The molecule has 0 aliphatic rings. The summed E-state index contributed by atoms with van der Waals surface area (Å²) in [5.74, 6) is -0.00932. The summed E-state index contributed by atoms with van der Waals surface area (Å²) in [5.41, 5.74) is 3.85. The lowest BCUT2D eigenvalue weighted by molar-refractivity contribution is 0.0971. The van der Waals surface area contributed by atoms with E-state index < -0.39 is 0 Å². The molecule has 0 aliphatic carbocycles. The van der Waals surface area contributed by atoms with Crippen LogP contribution in [0.2, 0.25) is 0 Å². The van der Waals surface area contributed by atoms with E-state index in [1.54, 1.807) is 16.7 Å². The van der Waals surface area contributed by atoms with Crippen molar-refractivity contribution in [1.82, 2.24) is 9.13 Å². The molecular formula is C19H18BrN3O. The maximum absolute atomic E-state index is 12.6. The molecule has 0 fully saturated rings. The number of halogens is 1. The zero-order chi connectivity index (χ0) is 17.3. The predicted octanol–water partition coefficient (Wildman–Crippen LogP) is 4.14. The summed E-state index contributed by atoms with van der Waals surface area (Å²) in [5, 5.41) is 8.38. The number of nitrogens with zero attached hydrogens (tertiary/aromatic N) is 2. The minimum atomic E-state index is -0.00932. The van der Waals surface area contributed by atoms with Crippen LogP contribution in [0, 0.1) is 5.41 Å². The molecule has 3 rings (SSSR count). The number of aryl methyl sites for hydroxylation is 1. The minimum absolute atomic E-state index is 0.00932. The number of Topliss-reactive ketones (excluding diaryl/α,β-unsaturated/α-hetero) is 1. The Morgan fingerprint density at radius 2 is 1.92 bits per heavy atom. The smallest absolute Gasteiger partial charge is 0.203 e. The van der Waals surface area contributed by atoms with E-state index in [2.05, 4.69) is 15.9 Å². The maximum Gasteiger partial charge on any atom is 0.203 e. The third-order valence-electron chi connectivity index (χ3n) is 4.06. The Kier molecular flexibility index (Phi) is 4.53. The molecule has 0 atom stereocenters. The fourth-order valence-corrected chi connectivity index (χ4v) is 3.14. The zero-order valence-electron chi connectivity index (χ0n) is 13.6. The van der Waals surface area contributed by atoms with Crippen molar-refractivity contribution in [3.05, 3.63) is 69.8 Å². The fraction of sp³-hybridized carbons (Fsp3) is 0.158. The van der Waals surface area contributed by atoms with Crippen molar-refractivity contribution < 1.29 is 4.79 Å². The number of aromatic nitrogens is 2. The summed E-state index contributed by atoms with van der Waals surface area (Å²) in [7, 11) is 1.86. The number of carbonyl (C=O) groups excluding carboxylic acids is 1. The number of benzene rings is 2. The van der Waals surface area contributed by atoms with Crippen LogP contribution >= 0.6 is 15.9 Å². The average Bonchev–Trinajstić information content (AvgIpc) is 2.81. The highest BCUT2D eigenvalue weighted by atomic mass is 79.9. The Morgan fingerprint density at radius 1 is 1.21 bits per heavy atom. The third-order valence-corrected chi connectivity index (χ3v) is 4.59. The highest BCUT2D eigenvalue weighted by Gasteiger charge is 2.14. The normalized spacial score (nSPS) is 11.5. The Balaban J connectivity index is 2.08. The lowest BCUT2D eigenvalue weighted by atomic mass is 10.1. The van der Waals surface area contributed by atoms with Gasteiger partial charge in [-0.3, -0.25) is 10.2 Å². The summed E-state index contributed by atoms with van der Waals surface area (Å²) >= 11 is 3.38. The molecule has 122 valence electrons. The second-order valence-corrected chi connectivity index (χ2v) is 6.53. The van der Waals surface area contributed by atoms with Crippen molar-refractivity contribution in [3.63, 3.8) is 0 Å². The first-order chi connectivity index (χ1) is 11.5. The summed E-state index contributed by atoms with van der Waals surface area (Å²) in [6, 6.07) is 13.2. The first-order valence-electron chi connectivity index (χ1n) is 7.67. The number of carbonyl (C=O) groups is 1. The standard InChI is InChI=1S/C19H18BrN3O/c1-3-5-14-6-4-7-16-18(14)22(2)19(21)23(16)12-17(24)13-8-10-15(20)11-9-13/h3-11,21H,12H2,1-2H3/b5-3+,21-19?. The number of imidazole rings is 1. The first-order valence-corrected chi connectivity index (χ1v) is 8.46. The molecule has 0 saturated heterocycles. The number of nitrogens with one attached hydrogen (secondary N) is 1. The van der Waals surface area contributed by atoms with Gasteiger partial charge in [-0.15, -0.1) is 0 Å². The molecule has 1 aromatic heterocycles. The predicted molar refractivity (Wildman–Crippen MR) is 99.9 cm³/mol. The molecule has 4 nitrogen and oxygen atoms in total. The Morgan fingerprint density at radius 3 is 2.58 bits per heavy atom. The van der Waals surface area contributed by atoms with Crippen LogP contribution in [0.25, 0.3) is 17.1 Å². The minimum Gasteiger partial charge on any atom is -0.313 e. The maximum atomic E-state index is 12.6. The van der Waals surface area contributed by atoms with Gasteiger partial charge in [-0.1, -0.05) is 52.3 Å². The van der Waals surface area contributed by atoms with Crippen molar-refractivity contribution in [2.75, 3.05) is 0 Å². The Hall–Kier alpha value is -2.40. The van der Waals surface area contributed by atoms with Crippen molar-refractivity contribution in [1.29, 1.82) is 5.41 Å². The molecule has 2 aromatic carbocycles. The van der Waals surface area contributed by atoms with Gasteiger partial charge in [0.05, 0.1) is 17.6 Å². The van der Waals surface area contributed by atoms with E-state index in [4.69, 9.17) is 5.41 Å². The number of hydrogen-bond acceptors (Lipinski definition) is 2. The summed E-state index contributed by atoms with van der Waals surface area (Å²) in [6.07, 6.45) is 3.99. The molecule has 3 aromatic rings. The van der Waals surface area contributed by atoms with E-state index in [9.17, 15) is 4.79 Å². The van der Waals surface area contributed by atoms with Gasteiger partial charge in [-0.2, -0.15) is 0 Å². The molecule has 0 aliphatic heterocycles. The van der Waals surface area contributed by atoms with Crippen molar-refractivity contribution >= 4 is 38.8 Å². The Labute approximate surface area is 148 Å². The highest BCUT2D eigenvalue weighted by molar-refractivity contribution is 9.10. The van der Waals surface area contributed by atoms with Crippen LogP contribution < -0.4 is 5.62 Å². The zero-order valence-corrected chi connectivity index (χ0v) is 15.2. The molecular weight excluding hydrogens is 366 g/mol. The number of rotatable bonds is 4. The number of fused-ring (bicyclic) bond motifs is 1. The van der Waals surface area contributed by atoms with Crippen molar-refractivity contribution in [2.24, 2.45) is 7.05 Å². The lowest BCUT2D eigenvalue weighted by Crippen LogP contribution is -2.25. The summed E-state index contributed by atoms with van der Waals surface area (Å²) in [6.45, 7) is 2.12. The van der Waals surface area contributed by atoms with E-state index in [1.807, 2.05) is 61.0 Å².